The van der Waals surface area contributed by atoms with Gasteiger partial charge in [0.25, 0.3) is 5.91 Å². The summed E-state index contributed by atoms with van der Waals surface area (Å²) in [6.07, 6.45) is 3.08. The van der Waals surface area contributed by atoms with Gasteiger partial charge in [0, 0.05) is 0 Å². The Kier molecular flexibility index (Phi) is 4.58. The summed E-state index contributed by atoms with van der Waals surface area (Å²) >= 11 is 0. The maximum absolute atomic E-state index is 12.2. The van der Waals surface area contributed by atoms with E-state index in [4.69, 9.17) is 10.00 Å². The summed E-state index contributed by atoms with van der Waals surface area (Å²) in [5.74, 6) is 0.272. The minimum absolute atomic E-state index is 0.0438. The topological polar surface area (TPSA) is 62.1 Å². The number of para-hydroxylation sites is 1. The molecule has 1 amide bonds. The summed E-state index contributed by atoms with van der Waals surface area (Å²) in [6, 6.07) is 17.2. The first-order valence-corrected chi connectivity index (χ1v) is 7.77. The van der Waals surface area contributed by atoms with E-state index in [1.807, 2.05) is 12.1 Å². The fourth-order valence-electron chi connectivity index (χ4n) is 2.97. The van der Waals surface area contributed by atoms with Crippen molar-refractivity contribution in [2.24, 2.45) is 0 Å². The molecular weight excluding hydrogens is 288 g/mol. The third kappa shape index (κ3) is 3.51. The lowest BCUT2D eigenvalue weighted by Gasteiger charge is -2.26. The Morgan fingerprint density at radius 3 is 2.87 bits per heavy atom. The van der Waals surface area contributed by atoms with Crippen molar-refractivity contribution in [2.75, 3.05) is 6.61 Å². The van der Waals surface area contributed by atoms with Crippen molar-refractivity contribution in [1.29, 1.82) is 5.26 Å². The molecule has 1 N–H and O–H groups in total. The molecule has 116 valence electrons. The van der Waals surface area contributed by atoms with Crippen LogP contribution in [0, 0.1) is 11.3 Å². The van der Waals surface area contributed by atoms with E-state index in [1.54, 1.807) is 24.3 Å². The van der Waals surface area contributed by atoms with Crippen LogP contribution in [0.2, 0.25) is 0 Å². The number of rotatable bonds is 4. The summed E-state index contributed by atoms with van der Waals surface area (Å²) in [4.78, 5) is 12.2. The van der Waals surface area contributed by atoms with Crippen LogP contribution in [0.1, 0.15) is 35.6 Å². The lowest BCUT2D eigenvalue weighted by molar-refractivity contribution is -0.123. The van der Waals surface area contributed by atoms with Crippen molar-refractivity contribution in [1.82, 2.24) is 5.32 Å². The van der Waals surface area contributed by atoms with E-state index >= 15 is 0 Å². The first-order valence-electron chi connectivity index (χ1n) is 7.77. The molecule has 1 aliphatic carbocycles. The summed E-state index contributed by atoms with van der Waals surface area (Å²) in [5, 5.41) is 12.1. The number of fused-ring (bicyclic) bond motifs is 1. The lowest BCUT2D eigenvalue weighted by atomic mass is 9.88. The van der Waals surface area contributed by atoms with E-state index < -0.39 is 0 Å². The maximum Gasteiger partial charge on any atom is 0.258 e. The molecule has 0 radical (unpaired) electrons. The monoisotopic (exact) mass is 306 g/mol. The van der Waals surface area contributed by atoms with Crippen LogP contribution in [0.25, 0.3) is 0 Å². The molecule has 0 aromatic heterocycles. The van der Waals surface area contributed by atoms with E-state index in [2.05, 4.69) is 23.5 Å². The molecule has 0 bridgehead atoms. The van der Waals surface area contributed by atoms with Crippen molar-refractivity contribution in [3.8, 4) is 11.8 Å². The molecule has 23 heavy (non-hydrogen) atoms. The van der Waals surface area contributed by atoms with Crippen LogP contribution in [-0.2, 0) is 11.2 Å². The first-order chi connectivity index (χ1) is 11.3. The normalized spacial score (nSPS) is 16.0. The molecule has 0 saturated carbocycles. The number of amides is 1. The van der Waals surface area contributed by atoms with Gasteiger partial charge in [0.05, 0.1) is 11.6 Å². The number of carbonyl (C=O) groups is 1. The highest BCUT2D eigenvalue weighted by molar-refractivity contribution is 5.78. The van der Waals surface area contributed by atoms with Gasteiger partial charge in [-0.25, -0.2) is 0 Å². The van der Waals surface area contributed by atoms with Gasteiger partial charge in [-0.15, -0.1) is 0 Å². The van der Waals surface area contributed by atoms with Gasteiger partial charge in [0.15, 0.2) is 6.61 Å². The van der Waals surface area contributed by atoms with Crippen molar-refractivity contribution in [2.45, 2.75) is 25.3 Å². The quantitative estimate of drug-likeness (QED) is 0.944. The Morgan fingerprint density at radius 2 is 2.00 bits per heavy atom. The number of aryl methyl sites for hydroxylation is 1. The fraction of sp³-hybridized carbons (Fsp3) is 0.263. The minimum atomic E-state index is -0.167. The van der Waals surface area contributed by atoms with Gasteiger partial charge in [0.2, 0.25) is 0 Å². The van der Waals surface area contributed by atoms with Gasteiger partial charge < -0.3 is 10.1 Å². The van der Waals surface area contributed by atoms with E-state index in [9.17, 15) is 4.79 Å². The molecule has 0 aliphatic heterocycles. The number of ether oxygens (including phenoxy) is 1. The van der Waals surface area contributed by atoms with E-state index in [0.717, 1.165) is 19.3 Å². The molecule has 1 aliphatic rings. The zero-order valence-electron chi connectivity index (χ0n) is 12.8. The minimum Gasteiger partial charge on any atom is -0.482 e. The predicted molar refractivity (Wildman–Crippen MR) is 86.9 cm³/mol. The number of benzene rings is 2. The summed E-state index contributed by atoms with van der Waals surface area (Å²) in [5.41, 5.74) is 2.94. The summed E-state index contributed by atoms with van der Waals surface area (Å²) < 4.78 is 5.48. The summed E-state index contributed by atoms with van der Waals surface area (Å²) in [7, 11) is 0. The van der Waals surface area contributed by atoms with Crippen molar-refractivity contribution < 1.29 is 9.53 Å². The first kappa shape index (κ1) is 15.1. The number of nitriles is 1. The smallest absolute Gasteiger partial charge is 0.258 e. The van der Waals surface area contributed by atoms with Gasteiger partial charge in [-0.2, -0.15) is 5.26 Å². The average Bonchev–Trinajstić information content (AvgIpc) is 2.60. The average molecular weight is 306 g/mol. The molecule has 4 heteroatoms. The molecule has 0 fully saturated rings. The van der Waals surface area contributed by atoms with E-state index in [0.29, 0.717) is 11.3 Å². The van der Waals surface area contributed by atoms with Crippen LogP contribution >= 0.6 is 0 Å². The maximum atomic E-state index is 12.2. The molecule has 2 aromatic carbocycles. The van der Waals surface area contributed by atoms with Crippen LogP contribution in [0.5, 0.6) is 5.75 Å². The number of nitrogens with zero attached hydrogens (tertiary/aromatic N) is 1. The molecule has 1 atom stereocenters. The Morgan fingerprint density at radius 1 is 1.22 bits per heavy atom. The second-order valence-electron chi connectivity index (χ2n) is 5.61. The number of nitrogens with one attached hydrogen (secondary N) is 1. The highest BCUT2D eigenvalue weighted by atomic mass is 16.5. The SMILES string of the molecule is N#Cc1ccccc1OCC(=O)NC1CCCc2ccccc21. The number of hydrogen-bond donors (Lipinski definition) is 1. The van der Waals surface area contributed by atoms with Gasteiger partial charge in [-0.05, 0) is 42.5 Å². The van der Waals surface area contributed by atoms with Gasteiger partial charge in [-0.1, -0.05) is 36.4 Å². The van der Waals surface area contributed by atoms with Crippen LogP contribution in [-0.4, -0.2) is 12.5 Å². The summed E-state index contributed by atoms with van der Waals surface area (Å²) in [6.45, 7) is -0.0860. The Bertz CT molecular complexity index is 749. The molecule has 0 heterocycles. The van der Waals surface area contributed by atoms with Crippen molar-refractivity contribution in [3.05, 3.63) is 65.2 Å². The highest BCUT2D eigenvalue weighted by Gasteiger charge is 2.21. The van der Waals surface area contributed by atoms with Crippen molar-refractivity contribution >= 4 is 5.91 Å². The highest BCUT2D eigenvalue weighted by Crippen LogP contribution is 2.29. The predicted octanol–water partition coefficient (Wildman–Crippen LogP) is 3.13. The largest absolute Gasteiger partial charge is 0.482 e. The van der Waals surface area contributed by atoms with Crippen LogP contribution in [0.4, 0.5) is 0 Å². The van der Waals surface area contributed by atoms with Crippen LogP contribution in [0.15, 0.2) is 48.5 Å². The molecule has 0 spiro atoms. The Labute approximate surface area is 135 Å². The fourth-order valence-corrected chi connectivity index (χ4v) is 2.97. The zero-order valence-corrected chi connectivity index (χ0v) is 12.8. The second-order valence-corrected chi connectivity index (χ2v) is 5.61. The molecule has 3 rings (SSSR count). The standard InChI is InChI=1S/C19H18N2O2/c20-12-15-7-2-4-11-18(15)23-13-19(22)21-17-10-5-8-14-6-1-3-9-16(14)17/h1-4,6-7,9,11,17H,5,8,10,13H2,(H,21,22). The second kappa shape index (κ2) is 6.97. The molecule has 1 unspecified atom stereocenters. The van der Waals surface area contributed by atoms with E-state index in [-0.39, 0.29) is 18.6 Å². The third-order valence-corrected chi connectivity index (χ3v) is 4.07. The van der Waals surface area contributed by atoms with Crippen LogP contribution < -0.4 is 10.1 Å². The van der Waals surface area contributed by atoms with Gasteiger partial charge in [-0.3, -0.25) is 4.79 Å². The third-order valence-electron chi connectivity index (χ3n) is 4.07. The number of hydrogen-bond acceptors (Lipinski definition) is 3. The molecule has 4 nitrogen and oxygen atoms in total. The molecular formula is C19H18N2O2. The Hall–Kier alpha value is -2.80. The van der Waals surface area contributed by atoms with Gasteiger partial charge >= 0.3 is 0 Å². The van der Waals surface area contributed by atoms with E-state index in [1.165, 1.54) is 11.1 Å². The van der Waals surface area contributed by atoms with Crippen molar-refractivity contribution in [3.63, 3.8) is 0 Å². The number of carbonyl (C=O) groups excluding carboxylic acids is 1. The molecule has 0 saturated heterocycles. The lowest BCUT2D eigenvalue weighted by Crippen LogP contribution is -2.34. The van der Waals surface area contributed by atoms with Gasteiger partial charge in [0.1, 0.15) is 11.8 Å². The van der Waals surface area contributed by atoms with Crippen LogP contribution in [0.3, 0.4) is 0 Å². The zero-order chi connectivity index (χ0) is 16.1. The molecule has 2 aromatic rings. The Balaban J connectivity index is 1.62.